The number of hydrogen-bond donors (Lipinski definition) is 0. The quantitative estimate of drug-likeness (QED) is 0.0845. The molecule has 0 saturated carbocycles. The van der Waals surface area contributed by atoms with Crippen LogP contribution in [0.2, 0.25) is 0 Å². The minimum absolute atomic E-state index is 0. The van der Waals surface area contributed by atoms with Gasteiger partial charge in [0.15, 0.2) is 0 Å². The van der Waals surface area contributed by atoms with E-state index in [0.29, 0.717) is 0 Å². The smallest absolute Gasteiger partial charge is 0.0262 e. The summed E-state index contributed by atoms with van der Waals surface area (Å²) in [5.41, 5.74) is 23.9. The van der Waals surface area contributed by atoms with Crippen molar-refractivity contribution in [3.05, 3.63) is 338 Å². The lowest BCUT2D eigenvalue weighted by Gasteiger charge is -2.20. The molecule has 0 bridgehead atoms. The highest BCUT2D eigenvalue weighted by molar-refractivity contribution is 6.23. The molecule has 0 heterocycles. The Morgan fingerprint density at radius 3 is 0.927 bits per heavy atom. The third kappa shape index (κ3) is 24.7. The van der Waals surface area contributed by atoms with Gasteiger partial charge in [-0.2, -0.15) is 0 Å². The highest BCUT2D eigenvalue weighted by Crippen LogP contribution is 2.48. The van der Waals surface area contributed by atoms with Gasteiger partial charge in [-0.25, -0.2) is 0 Å². The van der Waals surface area contributed by atoms with Crippen molar-refractivity contribution in [2.75, 3.05) is 0 Å². The maximum atomic E-state index is 5.22. The van der Waals surface area contributed by atoms with E-state index in [1.165, 1.54) is 98.7 Å². The lowest BCUT2D eigenvalue weighted by Crippen LogP contribution is -1.96. The van der Waals surface area contributed by atoms with Gasteiger partial charge in [0.25, 0.3) is 0 Å². The summed E-state index contributed by atoms with van der Waals surface area (Å²) in [7, 11) is 0. The molecular formula is C124H182. The third-order valence-corrected chi connectivity index (χ3v) is 19.6. The minimum Gasteiger partial charge on any atom is -0.106 e. The molecule has 0 spiro atoms. The van der Waals surface area contributed by atoms with Crippen LogP contribution in [-0.2, 0) is 12.8 Å². The highest BCUT2D eigenvalue weighted by atomic mass is 14.3. The lowest BCUT2D eigenvalue weighted by atomic mass is 9.83. The minimum atomic E-state index is 0. The number of hydrogen-bond acceptors (Lipinski definition) is 0. The Hall–Kier alpha value is -14.4. The molecule has 0 radical (unpaired) electrons. The van der Waals surface area contributed by atoms with Gasteiger partial charge in [0.2, 0.25) is 0 Å². The zero-order chi connectivity index (χ0) is 90.0. The van der Waals surface area contributed by atoms with Crippen molar-refractivity contribution in [2.45, 2.75) is 164 Å². The molecule has 0 aromatic heterocycles. The molecule has 0 aliphatic heterocycles. The van der Waals surface area contributed by atoms with Crippen LogP contribution in [0, 0.1) is 95.7 Å². The van der Waals surface area contributed by atoms with E-state index >= 15 is 0 Å². The standard InChI is InChI=1S/C54H26.C52H42.9C2H6.30H2/c1-3-5-7-9-11-15-21-41-27-37-49-51(39-41)53(47-33-29-45(30-34-47)43-23-17-13-18-24-43)50-38-28-42(22-16-12-10-8-6-4-2)40-52(50)54(49)48-35-31-46(32-36-48)44-25-19-14-20-26-44;1-3-14-38-33-41(28-30-43(38)40-27-26-35-16-5-6-18-37(35)32-40)51-47-21-9-11-23-49(47)52(50-24-12-10-22-48(50)51)42-29-31-45(39(34-42)15-4-2)46-25-13-19-36-17-7-8-20-44(36)46;9*1-2;;;;;;;;;;;;;;;;;;;;;;;;;;;;;;/h1-2,13-14,17-20,23-40H;5-13,16-34H,3-4,14-15H2,1-2H3;9*1-2H3;30*1H. The lowest BCUT2D eigenvalue weighted by molar-refractivity contribution is 0.924. The van der Waals surface area contributed by atoms with Crippen molar-refractivity contribution < 1.29 is 42.8 Å². The molecular weight excluding hydrogens is 1490 g/mol. The van der Waals surface area contributed by atoms with Gasteiger partial charge in [-0.05, 0) is 279 Å². The van der Waals surface area contributed by atoms with Crippen molar-refractivity contribution in [1.82, 2.24) is 0 Å². The third-order valence-electron chi connectivity index (χ3n) is 19.6. The van der Waals surface area contributed by atoms with Gasteiger partial charge in [-0.15, -0.1) is 12.8 Å². The second kappa shape index (κ2) is 54.7. The van der Waals surface area contributed by atoms with Gasteiger partial charge in [0.1, 0.15) is 0 Å². The maximum absolute atomic E-state index is 5.22. The number of fused-ring (bicyclic) bond motifs is 6. The predicted molar refractivity (Wildman–Crippen MR) is 617 cm³/mol. The second-order valence-corrected chi connectivity index (χ2v) is 26.1. The van der Waals surface area contributed by atoms with Crippen LogP contribution >= 0.6 is 0 Å². The first-order valence-corrected chi connectivity index (χ1v) is 44.9. The number of rotatable bonds is 12. The zero-order valence-electron chi connectivity index (χ0n) is 77.0. The van der Waals surface area contributed by atoms with Crippen molar-refractivity contribution in [2.24, 2.45) is 0 Å². The second-order valence-electron chi connectivity index (χ2n) is 26.1. The number of aryl methyl sites for hydroxylation is 2. The van der Waals surface area contributed by atoms with E-state index in [0.717, 1.165) is 103 Å². The fourth-order valence-electron chi connectivity index (χ4n) is 15.0. The highest BCUT2D eigenvalue weighted by Gasteiger charge is 2.22. The summed E-state index contributed by atoms with van der Waals surface area (Å²) in [6, 6.07) is 114. The zero-order valence-corrected chi connectivity index (χ0v) is 77.0. The molecule has 16 aromatic carbocycles. The van der Waals surface area contributed by atoms with Gasteiger partial charge in [0, 0.05) is 53.9 Å². The summed E-state index contributed by atoms with van der Waals surface area (Å²) in [5, 5.41) is 14.7. The Kier molecular flexibility index (Phi) is 43.4. The van der Waals surface area contributed by atoms with Crippen LogP contribution in [0.15, 0.2) is 315 Å². The van der Waals surface area contributed by atoms with Crippen LogP contribution < -0.4 is 0 Å². The van der Waals surface area contributed by atoms with Crippen LogP contribution in [0.25, 0.3) is 154 Å². The van der Waals surface area contributed by atoms with E-state index in [1.807, 2.05) is 149 Å². The van der Waals surface area contributed by atoms with E-state index in [-0.39, 0.29) is 42.8 Å². The van der Waals surface area contributed by atoms with Crippen LogP contribution in [0.5, 0.6) is 0 Å². The van der Waals surface area contributed by atoms with E-state index in [1.54, 1.807) is 0 Å². The molecule has 0 N–H and O–H groups in total. The van der Waals surface area contributed by atoms with Crippen LogP contribution in [0.1, 0.15) is 216 Å². The first kappa shape index (κ1) is 98.4. The molecule has 678 valence electrons. The average molecular weight is 1670 g/mol. The van der Waals surface area contributed by atoms with Crippen LogP contribution in [0.4, 0.5) is 0 Å². The number of benzene rings is 16. The molecule has 0 fully saturated rings. The molecule has 0 unspecified atom stereocenters. The summed E-state index contributed by atoms with van der Waals surface area (Å²) in [6.45, 7) is 40.6. The summed E-state index contributed by atoms with van der Waals surface area (Å²) in [4.78, 5) is 0. The van der Waals surface area contributed by atoms with E-state index in [4.69, 9.17) is 12.8 Å². The molecule has 16 aromatic rings. The monoisotopic (exact) mass is 1670 g/mol. The fraction of sp³-hybridized carbons (Fsp3) is 0.194. The molecule has 124 heavy (non-hydrogen) atoms. The van der Waals surface area contributed by atoms with Crippen molar-refractivity contribution in [3.8, 4) is 185 Å². The first-order valence-electron chi connectivity index (χ1n) is 44.9. The fourth-order valence-corrected chi connectivity index (χ4v) is 15.0. The Labute approximate surface area is 790 Å². The summed E-state index contributed by atoms with van der Waals surface area (Å²) >= 11 is 0. The molecule has 16 rings (SSSR count). The molecule has 0 atom stereocenters. The summed E-state index contributed by atoms with van der Waals surface area (Å²) in [6.07, 6.45) is 14.7. The Bertz CT molecular complexity index is 6440. The van der Waals surface area contributed by atoms with E-state index in [9.17, 15) is 0 Å². The van der Waals surface area contributed by atoms with E-state index in [2.05, 4.69) is 388 Å². The SMILES string of the molecule is C#CC#CC#CC#Cc1ccc2c(-c3ccc(-c4ccccc4)cc3)c3cc(C#CC#CC#CC#C)ccc3c(-c3ccc(-c4ccccc4)cc3)c2c1.CC.CC.CC.CC.CC.CC.CC.CC.CC.CCCc1cc(-c2c3ccccc3c(-c3ccc(-c4cccc5ccccc45)c(CCC)c3)c3ccccc23)ccc1-c1ccc2ccccc2c1.[HH].[HH].[HH].[HH].[HH].[HH].[HH].[HH].[HH].[HH].[HH].[HH].[HH].[HH].[HH].[HH].[HH].[HH].[HH].[HH].[HH].[HH].[HH].[HH].[HH].[HH].[HH].[HH].[HH].[HH]. The summed E-state index contributed by atoms with van der Waals surface area (Å²) in [5.74, 6) is 38.0. The van der Waals surface area contributed by atoms with Gasteiger partial charge >= 0.3 is 0 Å². The van der Waals surface area contributed by atoms with Gasteiger partial charge in [0.05, 0.1) is 0 Å². The molecule has 0 aliphatic carbocycles. The normalized spacial score (nSPS) is 9.34. The summed E-state index contributed by atoms with van der Waals surface area (Å²) < 4.78 is 0. The molecule has 0 aliphatic rings. The predicted octanol–water partition coefficient (Wildman–Crippen LogP) is 42.1. The number of terminal acetylenes is 2. The largest absolute Gasteiger partial charge is 0.106 e. The van der Waals surface area contributed by atoms with Crippen LogP contribution in [0.3, 0.4) is 0 Å². The molecule has 0 saturated heterocycles. The first-order chi connectivity index (χ1) is 61.4. The molecule has 0 heteroatoms. The van der Waals surface area contributed by atoms with Crippen molar-refractivity contribution in [1.29, 1.82) is 0 Å². The van der Waals surface area contributed by atoms with Gasteiger partial charge < -0.3 is 0 Å². The van der Waals surface area contributed by atoms with Crippen LogP contribution in [-0.4, -0.2) is 0 Å². The maximum Gasteiger partial charge on any atom is 0.0262 e. The van der Waals surface area contributed by atoms with Crippen molar-refractivity contribution >= 4 is 64.6 Å². The average Bonchev–Trinajstić information content (AvgIpc) is 0.739. The van der Waals surface area contributed by atoms with Gasteiger partial charge in [-0.3, -0.25) is 0 Å². The van der Waals surface area contributed by atoms with Crippen molar-refractivity contribution in [3.63, 3.8) is 0 Å². The Morgan fingerprint density at radius 1 is 0.202 bits per heavy atom. The van der Waals surface area contributed by atoms with Gasteiger partial charge in [-0.1, -0.05) is 448 Å². The Morgan fingerprint density at radius 2 is 0.508 bits per heavy atom. The molecule has 0 nitrogen and oxygen atoms in total. The molecule has 0 amide bonds. The topological polar surface area (TPSA) is 0 Å². The Balaban J connectivity index is -0.0000000700. The van der Waals surface area contributed by atoms with E-state index < -0.39 is 0 Å².